The molecule has 0 radical (unpaired) electrons. The van der Waals surface area contributed by atoms with Crippen molar-refractivity contribution in [3.05, 3.63) is 27.9 Å². The van der Waals surface area contributed by atoms with Gasteiger partial charge in [-0.2, -0.15) is 5.26 Å². The first-order valence-corrected chi connectivity index (χ1v) is 5.70. The SMILES string of the molecule is N#Cc1ccnc(N2CCC(N)(C(=O)O)C2)c1[N+](=O)[O-]. The maximum Gasteiger partial charge on any atom is 0.329 e. The van der Waals surface area contributed by atoms with Crippen molar-refractivity contribution in [1.29, 1.82) is 5.26 Å². The van der Waals surface area contributed by atoms with Crippen molar-refractivity contribution in [2.75, 3.05) is 18.0 Å². The van der Waals surface area contributed by atoms with Crippen LogP contribution in [0.4, 0.5) is 11.5 Å². The molecular formula is C11H11N5O4. The molecule has 1 saturated heterocycles. The van der Waals surface area contributed by atoms with Crippen molar-refractivity contribution >= 4 is 17.5 Å². The zero-order valence-electron chi connectivity index (χ0n) is 10.3. The van der Waals surface area contributed by atoms with Crippen LogP contribution in [0.3, 0.4) is 0 Å². The van der Waals surface area contributed by atoms with Gasteiger partial charge in [-0.25, -0.2) is 4.98 Å². The van der Waals surface area contributed by atoms with E-state index in [0.29, 0.717) is 0 Å². The van der Waals surface area contributed by atoms with E-state index in [9.17, 15) is 14.9 Å². The highest BCUT2D eigenvalue weighted by Gasteiger charge is 2.43. The van der Waals surface area contributed by atoms with E-state index >= 15 is 0 Å². The monoisotopic (exact) mass is 277 g/mol. The van der Waals surface area contributed by atoms with Crippen LogP contribution in [0.2, 0.25) is 0 Å². The molecule has 2 heterocycles. The molecule has 0 aliphatic carbocycles. The molecule has 104 valence electrons. The van der Waals surface area contributed by atoms with Crippen LogP contribution in [-0.4, -0.2) is 39.6 Å². The Morgan fingerprint density at radius 3 is 2.90 bits per heavy atom. The number of nitro groups is 1. The number of aliphatic carboxylic acids is 1. The van der Waals surface area contributed by atoms with E-state index in [1.54, 1.807) is 6.07 Å². The van der Waals surface area contributed by atoms with E-state index in [0.717, 1.165) is 0 Å². The molecule has 1 aliphatic rings. The Balaban J connectivity index is 2.43. The van der Waals surface area contributed by atoms with E-state index in [-0.39, 0.29) is 30.9 Å². The highest BCUT2D eigenvalue weighted by molar-refractivity contribution is 5.81. The summed E-state index contributed by atoms with van der Waals surface area (Å²) in [7, 11) is 0. The molecule has 0 aromatic carbocycles. The minimum Gasteiger partial charge on any atom is -0.480 e. The predicted octanol–water partition coefficient (Wildman–Crippen LogP) is -0.146. The lowest BCUT2D eigenvalue weighted by Gasteiger charge is -2.20. The Labute approximate surface area is 113 Å². The lowest BCUT2D eigenvalue weighted by Crippen LogP contribution is -2.50. The van der Waals surface area contributed by atoms with Crippen LogP contribution in [0.25, 0.3) is 0 Å². The number of nitrogens with two attached hydrogens (primary N) is 1. The Morgan fingerprint density at radius 2 is 2.40 bits per heavy atom. The van der Waals surface area contributed by atoms with Gasteiger partial charge in [0.15, 0.2) is 0 Å². The largest absolute Gasteiger partial charge is 0.480 e. The summed E-state index contributed by atoms with van der Waals surface area (Å²) in [6.07, 6.45) is 1.43. The van der Waals surface area contributed by atoms with Gasteiger partial charge in [0.1, 0.15) is 17.2 Å². The zero-order valence-corrected chi connectivity index (χ0v) is 10.3. The molecule has 1 atom stereocenters. The van der Waals surface area contributed by atoms with Gasteiger partial charge in [0.05, 0.1) is 4.92 Å². The van der Waals surface area contributed by atoms with E-state index in [1.807, 2.05) is 0 Å². The van der Waals surface area contributed by atoms with Crippen LogP contribution in [0, 0.1) is 21.4 Å². The summed E-state index contributed by atoms with van der Waals surface area (Å²) in [6.45, 7) is 0.135. The molecule has 0 spiro atoms. The minimum atomic E-state index is -1.46. The number of hydrogen-bond acceptors (Lipinski definition) is 7. The summed E-state index contributed by atoms with van der Waals surface area (Å²) in [6, 6.07) is 2.97. The number of carboxylic acid groups (broad SMARTS) is 1. The summed E-state index contributed by atoms with van der Waals surface area (Å²) in [5, 5.41) is 29.1. The number of rotatable bonds is 3. The smallest absolute Gasteiger partial charge is 0.329 e. The molecule has 0 saturated carbocycles. The summed E-state index contributed by atoms with van der Waals surface area (Å²) in [5.74, 6) is -1.19. The normalized spacial score (nSPS) is 21.5. The molecule has 0 bridgehead atoms. The van der Waals surface area contributed by atoms with Gasteiger partial charge in [-0.15, -0.1) is 0 Å². The van der Waals surface area contributed by atoms with Crippen LogP contribution in [0.1, 0.15) is 12.0 Å². The van der Waals surface area contributed by atoms with E-state index in [2.05, 4.69) is 4.98 Å². The second-order valence-electron chi connectivity index (χ2n) is 4.53. The lowest BCUT2D eigenvalue weighted by molar-refractivity contribution is -0.384. The average Bonchev–Trinajstić information content (AvgIpc) is 2.81. The number of nitrogens with zero attached hydrogens (tertiary/aromatic N) is 4. The van der Waals surface area contributed by atoms with E-state index < -0.39 is 22.1 Å². The van der Waals surface area contributed by atoms with E-state index in [4.69, 9.17) is 16.1 Å². The summed E-state index contributed by atoms with van der Waals surface area (Å²) >= 11 is 0. The summed E-state index contributed by atoms with van der Waals surface area (Å²) in [4.78, 5) is 26.8. The van der Waals surface area contributed by atoms with Crippen LogP contribution in [0.15, 0.2) is 12.3 Å². The summed E-state index contributed by atoms with van der Waals surface area (Å²) in [5.41, 5.74) is 3.72. The number of carbonyl (C=O) groups is 1. The van der Waals surface area contributed by atoms with Gasteiger partial charge in [-0.05, 0) is 12.5 Å². The quantitative estimate of drug-likeness (QED) is 0.572. The van der Waals surface area contributed by atoms with Gasteiger partial charge in [-0.1, -0.05) is 0 Å². The van der Waals surface area contributed by atoms with Gasteiger partial charge >= 0.3 is 11.7 Å². The van der Waals surface area contributed by atoms with Gasteiger partial charge in [-0.3, -0.25) is 14.9 Å². The Bertz CT molecular complexity index is 626. The van der Waals surface area contributed by atoms with Crippen molar-refractivity contribution in [2.24, 2.45) is 5.73 Å². The fourth-order valence-electron chi connectivity index (χ4n) is 2.13. The minimum absolute atomic E-state index is 0.0253. The predicted molar refractivity (Wildman–Crippen MR) is 67.0 cm³/mol. The van der Waals surface area contributed by atoms with Crippen LogP contribution in [-0.2, 0) is 4.79 Å². The number of carboxylic acids is 1. The van der Waals surface area contributed by atoms with Crippen molar-refractivity contribution in [2.45, 2.75) is 12.0 Å². The third-order valence-corrected chi connectivity index (χ3v) is 3.23. The fourth-order valence-corrected chi connectivity index (χ4v) is 2.13. The second kappa shape index (κ2) is 4.75. The van der Waals surface area contributed by atoms with E-state index in [1.165, 1.54) is 17.2 Å². The van der Waals surface area contributed by atoms with Crippen molar-refractivity contribution in [3.8, 4) is 6.07 Å². The first-order valence-electron chi connectivity index (χ1n) is 5.70. The highest BCUT2D eigenvalue weighted by Crippen LogP contribution is 2.33. The van der Waals surface area contributed by atoms with Gasteiger partial charge in [0.25, 0.3) is 0 Å². The molecular weight excluding hydrogens is 266 g/mol. The molecule has 2 rings (SSSR count). The highest BCUT2D eigenvalue weighted by atomic mass is 16.6. The van der Waals surface area contributed by atoms with Crippen LogP contribution >= 0.6 is 0 Å². The Kier molecular flexibility index (Phi) is 3.25. The van der Waals surface area contributed by atoms with Crippen molar-refractivity contribution in [1.82, 2.24) is 4.98 Å². The fraction of sp³-hybridized carbons (Fsp3) is 0.364. The second-order valence-corrected chi connectivity index (χ2v) is 4.53. The zero-order chi connectivity index (χ0) is 14.9. The topological polar surface area (TPSA) is 146 Å². The maximum absolute atomic E-state index is 11.1. The third-order valence-electron chi connectivity index (χ3n) is 3.23. The van der Waals surface area contributed by atoms with Crippen molar-refractivity contribution in [3.63, 3.8) is 0 Å². The Morgan fingerprint density at radius 1 is 1.70 bits per heavy atom. The number of aromatic nitrogens is 1. The maximum atomic E-state index is 11.1. The average molecular weight is 277 g/mol. The first-order chi connectivity index (χ1) is 9.39. The molecule has 9 heteroatoms. The molecule has 1 aromatic heterocycles. The number of anilines is 1. The van der Waals surface area contributed by atoms with Gasteiger partial charge < -0.3 is 15.7 Å². The molecule has 3 N–H and O–H groups in total. The lowest BCUT2D eigenvalue weighted by atomic mass is 10.0. The number of pyridine rings is 1. The third kappa shape index (κ3) is 2.12. The first kappa shape index (κ1) is 13.7. The molecule has 1 aliphatic heterocycles. The molecule has 0 amide bonds. The molecule has 1 unspecified atom stereocenters. The standard InChI is InChI=1S/C11H11N5O4/c12-5-7-1-3-14-9(8(7)16(19)20)15-4-2-11(13,6-15)10(17)18/h1,3H,2,4,6,13H2,(H,17,18). The van der Waals surface area contributed by atoms with Crippen molar-refractivity contribution < 1.29 is 14.8 Å². The van der Waals surface area contributed by atoms with Gasteiger partial charge in [0, 0.05) is 19.3 Å². The van der Waals surface area contributed by atoms with Crippen LogP contribution < -0.4 is 10.6 Å². The number of nitriles is 1. The molecule has 9 nitrogen and oxygen atoms in total. The molecule has 1 aromatic rings. The molecule has 20 heavy (non-hydrogen) atoms. The van der Waals surface area contributed by atoms with Crippen LogP contribution in [0.5, 0.6) is 0 Å². The Hall–Kier alpha value is -2.73. The summed E-state index contributed by atoms with van der Waals surface area (Å²) < 4.78 is 0. The molecule has 1 fully saturated rings. The number of hydrogen-bond donors (Lipinski definition) is 2. The van der Waals surface area contributed by atoms with Gasteiger partial charge in [0.2, 0.25) is 5.82 Å².